The van der Waals surface area contributed by atoms with E-state index in [-0.39, 0.29) is 0 Å². The third-order valence-corrected chi connectivity index (χ3v) is 5.13. The van der Waals surface area contributed by atoms with E-state index in [1.807, 2.05) is 7.05 Å². The molecule has 0 aromatic rings. The number of hydrogen-bond donors (Lipinski definition) is 1. The maximum atomic E-state index is 11.6. The number of aliphatic carboxylic acids is 1. The van der Waals surface area contributed by atoms with Crippen molar-refractivity contribution < 1.29 is 9.90 Å². The summed E-state index contributed by atoms with van der Waals surface area (Å²) in [6.07, 6.45) is 1.79. The van der Waals surface area contributed by atoms with Gasteiger partial charge < -0.3 is 5.11 Å². The fourth-order valence-electron chi connectivity index (χ4n) is 2.21. The van der Waals surface area contributed by atoms with Gasteiger partial charge in [-0.15, -0.1) is 0 Å². The zero-order valence-corrected chi connectivity index (χ0v) is 11.5. The summed E-state index contributed by atoms with van der Waals surface area (Å²) < 4.78 is 0. The number of carbonyl (C=O) groups is 1. The van der Waals surface area contributed by atoms with Crippen LogP contribution in [0.25, 0.3) is 0 Å². The van der Waals surface area contributed by atoms with E-state index in [1.54, 1.807) is 11.8 Å². The molecule has 0 aromatic carbocycles. The van der Waals surface area contributed by atoms with Crippen LogP contribution in [0.15, 0.2) is 0 Å². The van der Waals surface area contributed by atoms with Gasteiger partial charge in [-0.1, -0.05) is 13.8 Å². The molecule has 0 saturated carbocycles. The van der Waals surface area contributed by atoms with Crippen molar-refractivity contribution in [3.05, 3.63) is 0 Å². The first-order valence-corrected chi connectivity index (χ1v) is 7.11. The molecule has 16 heavy (non-hydrogen) atoms. The highest BCUT2D eigenvalue weighted by Crippen LogP contribution is 2.34. The lowest BCUT2D eigenvalue weighted by Gasteiger charge is -2.44. The third-order valence-electron chi connectivity index (χ3n) is 3.87. The molecule has 0 spiro atoms. The van der Waals surface area contributed by atoms with Crippen molar-refractivity contribution in [2.75, 3.05) is 18.6 Å². The lowest BCUT2D eigenvalue weighted by Crippen LogP contribution is -2.60. The van der Waals surface area contributed by atoms with Crippen LogP contribution in [0.1, 0.15) is 33.6 Å². The highest BCUT2D eigenvalue weighted by atomic mass is 32.2. The highest BCUT2D eigenvalue weighted by molar-refractivity contribution is 7.99. The van der Waals surface area contributed by atoms with E-state index in [1.165, 1.54) is 0 Å². The monoisotopic (exact) mass is 245 g/mol. The number of rotatable bonds is 4. The fraction of sp³-hybridized carbons (Fsp3) is 0.917. The highest BCUT2D eigenvalue weighted by Gasteiger charge is 2.45. The molecule has 1 saturated heterocycles. The Kier molecular flexibility index (Phi) is 4.68. The first-order valence-electron chi connectivity index (χ1n) is 5.96. The van der Waals surface area contributed by atoms with Crippen molar-refractivity contribution in [1.29, 1.82) is 0 Å². The van der Waals surface area contributed by atoms with Crippen LogP contribution in [0.2, 0.25) is 0 Å². The molecular formula is C12H23NO2S. The Hall–Kier alpha value is -0.220. The lowest BCUT2D eigenvalue weighted by molar-refractivity contribution is -0.151. The summed E-state index contributed by atoms with van der Waals surface area (Å²) in [4.78, 5) is 13.7. The van der Waals surface area contributed by atoms with E-state index in [4.69, 9.17) is 0 Å². The zero-order valence-electron chi connectivity index (χ0n) is 10.7. The average Bonchev–Trinajstić information content (AvgIpc) is 2.27. The summed E-state index contributed by atoms with van der Waals surface area (Å²) in [5.41, 5.74) is -0.646. The molecule has 0 amide bonds. The number of thioether (sulfide) groups is 1. The van der Waals surface area contributed by atoms with Gasteiger partial charge in [0, 0.05) is 11.8 Å². The van der Waals surface area contributed by atoms with Gasteiger partial charge in [0.05, 0.1) is 0 Å². The minimum absolute atomic E-state index is 0.301. The van der Waals surface area contributed by atoms with E-state index in [9.17, 15) is 9.90 Å². The number of likely N-dealkylation sites (N-methyl/N-ethyl adjacent to an activating group) is 1. The van der Waals surface area contributed by atoms with E-state index >= 15 is 0 Å². The average molecular weight is 245 g/mol. The second-order valence-corrected chi connectivity index (χ2v) is 6.19. The molecule has 1 fully saturated rings. The van der Waals surface area contributed by atoms with Crippen LogP contribution in [0.4, 0.5) is 0 Å². The molecule has 2 unspecified atom stereocenters. The zero-order chi connectivity index (χ0) is 12.3. The molecule has 1 rings (SSSR count). The molecule has 0 aromatic heterocycles. The van der Waals surface area contributed by atoms with E-state index in [0.717, 1.165) is 24.3 Å². The van der Waals surface area contributed by atoms with Crippen LogP contribution >= 0.6 is 11.8 Å². The Balaban J connectivity index is 2.88. The second-order valence-electron chi connectivity index (χ2n) is 5.09. The summed E-state index contributed by atoms with van der Waals surface area (Å²) in [5.74, 6) is 1.64. The Morgan fingerprint density at radius 3 is 2.44 bits per heavy atom. The molecule has 1 aliphatic rings. The number of carboxylic acids is 1. The van der Waals surface area contributed by atoms with Gasteiger partial charge in [-0.2, -0.15) is 11.8 Å². The normalized spacial score (nSPS) is 28.4. The van der Waals surface area contributed by atoms with E-state index < -0.39 is 11.5 Å². The van der Waals surface area contributed by atoms with Crippen molar-refractivity contribution in [1.82, 2.24) is 4.90 Å². The third kappa shape index (κ3) is 2.54. The molecule has 4 heteroatoms. The quantitative estimate of drug-likeness (QED) is 0.825. The second kappa shape index (κ2) is 5.41. The Morgan fingerprint density at radius 2 is 2.06 bits per heavy atom. The summed E-state index contributed by atoms with van der Waals surface area (Å²) in [6.45, 7) is 6.41. The number of carboxylic acid groups (broad SMARTS) is 1. The predicted molar refractivity (Wildman–Crippen MR) is 69.0 cm³/mol. The van der Waals surface area contributed by atoms with Gasteiger partial charge in [0.1, 0.15) is 5.54 Å². The molecule has 1 heterocycles. The van der Waals surface area contributed by atoms with Gasteiger partial charge in [0.15, 0.2) is 0 Å². The number of nitrogens with zero attached hydrogens (tertiary/aromatic N) is 1. The predicted octanol–water partition coefficient (Wildman–Crippen LogP) is 2.31. The van der Waals surface area contributed by atoms with Crippen molar-refractivity contribution in [2.45, 2.75) is 45.2 Å². The number of hydrogen-bond acceptors (Lipinski definition) is 3. The Morgan fingerprint density at radius 1 is 1.44 bits per heavy atom. The van der Waals surface area contributed by atoms with Gasteiger partial charge in [0.2, 0.25) is 0 Å². The summed E-state index contributed by atoms with van der Waals surface area (Å²) >= 11 is 1.77. The van der Waals surface area contributed by atoms with Crippen LogP contribution in [0.3, 0.4) is 0 Å². The van der Waals surface area contributed by atoms with Crippen molar-refractivity contribution >= 4 is 17.7 Å². The molecule has 94 valence electrons. The van der Waals surface area contributed by atoms with Gasteiger partial charge in [0.25, 0.3) is 0 Å². The molecule has 1 aliphatic heterocycles. The largest absolute Gasteiger partial charge is 0.480 e. The van der Waals surface area contributed by atoms with Crippen LogP contribution in [-0.4, -0.2) is 46.1 Å². The Labute approximate surface area is 103 Å². The van der Waals surface area contributed by atoms with Crippen LogP contribution in [-0.2, 0) is 4.79 Å². The molecular weight excluding hydrogens is 222 g/mol. The molecule has 3 nitrogen and oxygen atoms in total. The van der Waals surface area contributed by atoms with Crippen molar-refractivity contribution in [2.24, 2.45) is 5.92 Å². The Bertz CT molecular complexity index is 249. The van der Waals surface area contributed by atoms with Crippen LogP contribution < -0.4 is 0 Å². The van der Waals surface area contributed by atoms with Crippen LogP contribution in [0.5, 0.6) is 0 Å². The summed E-state index contributed by atoms with van der Waals surface area (Å²) in [6, 6.07) is 0.301. The first-order chi connectivity index (χ1) is 7.42. The standard InChI is InChI=1S/C12H23NO2S/c1-9(2)10(3)13(4)12(11(14)15)6-5-7-16-8-12/h9-10H,5-8H2,1-4H3,(H,14,15). The van der Waals surface area contributed by atoms with Gasteiger partial charge in [-0.3, -0.25) is 9.69 Å². The van der Waals surface area contributed by atoms with Crippen molar-refractivity contribution in [3.63, 3.8) is 0 Å². The van der Waals surface area contributed by atoms with Crippen LogP contribution in [0, 0.1) is 5.92 Å². The minimum atomic E-state index is -0.658. The molecule has 0 aliphatic carbocycles. The lowest BCUT2D eigenvalue weighted by atomic mass is 9.90. The van der Waals surface area contributed by atoms with Gasteiger partial charge >= 0.3 is 5.97 Å². The SMILES string of the molecule is CC(C)C(C)N(C)C1(C(=O)O)CCCSC1. The summed E-state index contributed by atoms with van der Waals surface area (Å²) in [7, 11) is 1.96. The molecule has 1 N–H and O–H groups in total. The van der Waals surface area contributed by atoms with E-state index in [0.29, 0.717) is 12.0 Å². The molecule has 2 atom stereocenters. The summed E-state index contributed by atoms with van der Waals surface area (Å²) in [5, 5.41) is 9.53. The smallest absolute Gasteiger partial charge is 0.324 e. The maximum absolute atomic E-state index is 11.6. The van der Waals surface area contributed by atoms with Crippen molar-refractivity contribution in [3.8, 4) is 0 Å². The topological polar surface area (TPSA) is 40.5 Å². The van der Waals surface area contributed by atoms with E-state index in [2.05, 4.69) is 25.7 Å². The fourth-order valence-corrected chi connectivity index (χ4v) is 3.52. The minimum Gasteiger partial charge on any atom is -0.480 e. The molecule has 0 bridgehead atoms. The maximum Gasteiger partial charge on any atom is 0.324 e. The molecule has 0 radical (unpaired) electrons. The first kappa shape index (κ1) is 13.8. The van der Waals surface area contributed by atoms with Gasteiger partial charge in [-0.05, 0) is 38.5 Å². The van der Waals surface area contributed by atoms with Gasteiger partial charge in [-0.25, -0.2) is 0 Å².